The molecule has 1 amide bonds. The molecule has 0 N–H and O–H groups in total. The first-order chi connectivity index (χ1) is 14.2. The van der Waals surface area contributed by atoms with Gasteiger partial charge >= 0.3 is 0 Å². The highest BCUT2D eigenvalue weighted by molar-refractivity contribution is 5.94. The van der Waals surface area contributed by atoms with Crippen molar-refractivity contribution in [3.05, 3.63) is 60.3 Å². The fourth-order valence-electron chi connectivity index (χ4n) is 4.61. The second-order valence-corrected chi connectivity index (χ2v) is 8.45. The Hall–Kier alpha value is -2.66. The number of hydrogen-bond acceptors (Lipinski definition) is 3. The summed E-state index contributed by atoms with van der Waals surface area (Å²) in [6.45, 7) is 2.25. The minimum absolute atomic E-state index is 0.115. The molecule has 2 fully saturated rings. The summed E-state index contributed by atoms with van der Waals surface area (Å²) in [6, 6.07) is 17.0. The van der Waals surface area contributed by atoms with Gasteiger partial charge in [0.2, 0.25) is 0 Å². The average molecular weight is 389 g/mol. The molecule has 29 heavy (non-hydrogen) atoms. The molecule has 1 aliphatic carbocycles. The Bertz CT molecular complexity index is 964. The fourth-order valence-corrected chi connectivity index (χ4v) is 4.61. The third-order valence-electron chi connectivity index (χ3n) is 6.75. The van der Waals surface area contributed by atoms with Crippen LogP contribution in [0.3, 0.4) is 0 Å². The summed E-state index contributed by atoms with van der Waals surface area (Å²) in [4.78, 5) is 17.6. The van der Waals surface area contributed by atoms with Crippen molar-refractivity contribution in [2.24, 2.45) is 0 Å². The lowest BCUT2D eigenvalue weighted by Crippen LogP contribution is -2.50. The quantitative estimate of drug-likeness (QED) is 0.675. The van der Waals surface area contributed by atoms with E-state index in [4.69, 9.17) is 0 Å². The Labute approximate surface area is 171 Å². The van der Waals surface area contributed by atoms with Crippen LogP contribution in [-0.4, -0.2) is 57.7 Å². The van der Waals surface area contributed by atoms with E-state index in [9.17, 15) is 4.79 Å². The van der Waals surface area contributed by atoms with Crippen molar-refractivity contribution in [3.8, 4) is 5.69 Å². The number of nitrogens with zero attached hydrogens (tertiary/aromatic N) is 4. The molecule has 5 nitrogen and oxygen atoms in total. The van der Waals surface area contributed by atoms with Crippen LogP contribution in [-0.2, 0) is 0 Å². The molecule has 0 radical (unpaired) electrons. The maximum atomic E-state index is 13.0. The van der Waals surface area contributed by atoms with E-state index >= 15 is 0 Å². The highest BCUT2D eigenvalue weighted by atomic mass is 16.2. The fraction of sp³-hybridized carbons (Fsp3) is 0.417. The van der Waals surface area contributed by atoms with E-state index in [-0.39, 0.29) is 5.91 Å². The van der Waals surface area contributed by atoms with Gasteiger partial charge in [0.15, 0.2) is 0 Å². The van der Waals surface area contributed by atoms with Crippen LogP contribution >= 0.6 is 0 Å². The van der Waals surface area contributed by atoms with E-state index in [0.717, 1.165) is 54.1 Å². The predicted molar refractivity (Wildman–Crippen MR) is 115 cm³/mol. The molecule has 0 spiro atoms. The van der Waals surface area contributed by atoms with E-state index in [1.54, 1.807) is 0 Å². The van der Waals surface area contributed by atoms with E-state index in [0.29, 0.717) is 6.04 Å². The Kier molecular flexibility index (Phi) is 4.84. The third kappa shape index (κ3) is 3.55. The van der Waals surface area contributed by atoms with E-state index in [2.05, 4.69) is 16.1 Å². The van der Waals surface area contributed by atoms with Gasteiger partial charge in [-0.2, -0.15) is 5.10 Å². The van der Waals surface area contributed by atoms with Gasteiger partial charge in [-0.3, -0.25) is 4.79 Å². The van der Waals surface area contributed by atoms with Crippen LogP contribution in [0.1, 0.15) is 42.5 Å². The number of hydrogen-bond donors (Lipinski definition) is 0. The van der Waals surface area contributed by atoms with Crippen molar-refractivity contribution in [1.29, 1.82) is 0 Å². The normalized spacial score (nSPS) is 18.7. The molecule has 2 aliphatic rings. The monoisotopic (exact) mass is 388 g/mol. The minimum Gasteiger partial charge on any atom is -0.339 e. The lowest BCUT2D eigenvalue weighted by molar-refractivity contribution is 0.0499. The molecule has 2 heterocycles. The Balaban J connectivity index is 1.25. The molecule has 150 valence electrons. The minimum atomic E-state index is 0.115. The number of benzene rings is 2. The first-order valence-electron chi connectivity index (χ1n) is 10.7. The van der Waals surface area contributed by atoms with E-state index < -0.39 is 0 Å². The van der Waals surface area contributed by atoms with Crippen LogP contribution < -0.4 is 0 Å². The number of carbonyl (C=O) groups excluding carboxylic acids is 1. The molecular formula is C24H28N4O. The molecule has 0 bridgehead atoms. The maximum Gasteiger partial charge on any atom is 0.253 e. The predicted octanol–water partition coefficient (Wildman–Crippen LogP) is 4.11. The van der Waals surface area contributed by atoms with Gasteiger partial charge in [-0.15, -0.1) is 0 Å². The Morgan fingerprint density at radius 2 is 1.72 bits per heavy atom. The number of likely N-dealkylation sites (tertiary alicyclic amines) is 1. The van der Waals surface area contributed by atoms with Crippen molar-refractivity contribution in [1.82, 2.24) is 19.6 Å². The van der Waals surface area contributed by atoms with Crippen LogP contribution in [0.15, 0.2) is 54.7 Å². The largest absolute Gasteiger partial charge is 0.339 e. The maximum absolute atomic E-state index is 13.0. The van der Waals surface area contributed by atoms with Crippen molar-refractivity contribution >= 4 is 16.8 Å². The molecule has 1 saturated carbocycles. The molecular weight excluding hydrogens is 360 g/mol. The Morgan fingerprint density at radius 3 is 2.38 bits per heavy atom. The lowest BCUT2D eigenvalue weighted by atomic mass is 9.89. The molecule has 5 heteroatoms. The van der Waals surface area contributed by atoms with Gasteiger partial charge in [0.1, 0.15) is 0 Å². The van der Waals surface area contributed by atoms with Crippen molar-refractivity contribution in [2.75, 3.05) is 20.1 Å². The third-order valence-corrected chi connectivity index (χ3v) is 6.75. The molecule has 0 atom stereocenters. The van der Waals surface area contributed by atoms with E-state index in [1.165, 1.54) is 19.3 Å². The number of fused-ring (bicyclic) bond motifs is 1. The van der Waals surface area contributed by atoms with Gasteiger partial charge in [-0.25, -0.2) is 4.68 Å². The summed E-state index contributed by atoms with van der Waals surface area (Å²) in [6.07, 6.45) is 8.28. The summed E-state index contributed by atoms with van der Waals surface area (Å²) >= 11 is 0. The van der Waals surface area contributed by atoms with Crippen LogP contribution in [0.25, 0.3) is 16.6 Å². The van der Waals surface area contributed by atoms with Gasteiger partial charge < -0.3 is 9.80 Å². The van der Waals surface area contributed by atoms with Crippen LogP contribution in [0, 0.1) is 0 Å². The molecule has 2 aromatic carbocycles. The number of carbonyl (C=O) groups is 1. The van der Waals surface area contributed by atoms with Crippen LogP contribution in [0.2, 0.25) is 0 Å². The SMILES string of the molecule is CN(C(=O)c1ccc(-n2cc3ccccc3n2)cc1)C1CCN(C2CCC2)CC1. The average Bonchev–Trinajstić information content (AvgIpc) is 3.16. The molecule has 1 saturated heterocycles. The number of piperidine rings is 1. The molecule has 0 unspecified atom stereocenters. The van der Waals surface area contributed by atoms with Crippen molar-refractivity contribution in [2.45, 2.75) is 44.2 Å². The van der Waals surface area contributed by atoms with Gasteiger partial charge in [-0.05, 0) is 56.0 Å². The second kappa shape index (κ2) is 7.64. The molecule has 5 rings (SSSR count). The van der Waals surface area contributed by atoms with Crippen molar-refractivity contribution < 1.29 is 4.79 Å². The summed E-state index contributed by atoms with van der Waals surface area (Å²) < 4.78 is 1.87. The van der Waals surface area contributed by atoms with Gasteiger partial charge in [0, 0.05) is 49.4 Å². The smallest absolute Gasteiger partial charge is 0.253 e. The summed E-state index contributed by atoms with van der Waals surface area (Å²) in [5.41, 5.74) is 2.68. The first kappa shape index (κ1) is 18.4. The summed E-state index contributed by atoms with van der Waals surface area (Å²) in [5, 5.41) is 5.73. The number of amides is 1. The standard InChI is InChI=1S/C24H28N4O/c1-26(20-13-15-27(16-14-20)21-6-4-7-21)24(29)18-9-11-22(12-10-18)28-17-19-5-2-3-8-23(19)25-28/h2-3,5,8-12,17,20-21H,4,6-7,13-16H2,1H3. The van der Waals surface area contributed by atoms with Gasteiger partial charge in [0.05, 0.1) is 11.2 Å². The second-order valence-electron chi connectivity index (χ2n) is 8.45. The topological polar surface area (TPSA) is 41.4 Å². The summed E-state index contributed by atoms with van der Waals surface area (Å²) in [5.74, 6) is 0.115. The number of aromatic nitrogens is 2. The number of rotatable bonds is 4. The van der Waals surface area contributed by atoms with Crippen LogP contribution in [0.4, 0.5) is 0 Å². The lowest BCUT2D eigenvalue weighted by Gasteiger charge is -2.43. The van der Waals surface area contributed by atoms with E-state index in [1.807, 2.05) is 65.3 Å². The zero-order valence-electron chi connectivity index (χ0n) is 17.0. The molecule has 1 aromatic heterocycles. The van der Waals surface area contributed by atoms with Gasteiger partial charge in [-0.1, -0.05) is 24.6 Å². The summed E-state index contributed by atoms with van der Waals surface area (Å²) in [7, 11) is 1.96. The first-order valence-corrected chi connectivity index (χ1v) is 10.7. The highest BCUT2D eigenvalue weighted by Gasteiger charge is 2.31. The zero-order chi connectivity index (χ0) is 19.8. The van der Waals surface area contributed by atoms with Crippen molar-refractivity contribution in [3.63, 3.8) is 0 Å². The highest BCUT2D eigenvalue weighted by Crippen LogP contribution is 2.28. The van der Waals surface area contributed by atoms with Gasteiger partial charge in [0.25, 0.3) is 5.91 Å². The van der Waals surface area contributed by atoms with Crippen LogP contribution in [0.5, 0.6) is 0 Å². The Morgan fingerprint density at radius 1 is 1.00 bits per heavy atom. The molecule has 1 aliphatic heterocycles. The zero-order valence-corrected chi connectivity index (χ0v) is 17.0. The molecule has 3 aromatic rings.